The monoisotopic (exact) mass is 349 g/mol. The SMILES string of the molecule is Cc1ncc(C(=O)N2CCC[C@@H](c3ncon3)C2)c(-c2ccccc2)n1. The largest absolute Gasteiger partial charge is 0.343 e. The van der Waals surface area contributed by atoms with Crippen molar-refractivity contribution < 1.29 is 9.32 Å². The molecule has 3 aromatic rings. The second-order valence-electron chi connectivity index (χ2n) is 6.43. The molecule has 1 amide bonds. The molecular formula is C19H19N5O2. The minimum atomic E-state index is -0.0583. The van der Waals surface area contributed by atoms with Crippen molar-refractivity contribution in [3.8, 4) is 11.3 Å². The van der Waals surface area contributed by atoms with Gasteiger partial charge in [-0.3, -0.25) is 4.79 Å². The van der Waals surface area contributed by atoms with Gasteiger partial charge in [0.2, 0.25) is 6.39 Å². The van der Waals surface area contributed by atoms with E-state index in [4.69, 9.17) is 4.52 Å². The highest BCUT2D eigenvalue weighted by atomic mass is 16.5. The molecule has 0 radical (unpaired) electrons. The van der Waals surface area contributed by atoms with Crippen molar-refractivity contribution in [1.82, 2.24) is 25.0 Å². The number of carbonyl (C=O) groups excluding carboxylic acids is 1. The fourth-order valence-corrected chi connectivity index (χ4v) is 3.34. The first kappa shape index (κ1) is 16.4. The number of aryl methyl sites for hydroxylation is 1. The molecule has 132 valence electrons. The van der Waals surface area contributed by atoms with E-state index in [2.05, 4.69) is 20.1 Å². The van der Waals surface area contributed by atoms with Crippen LogP contribution < -0.4 is 0 Å². The summed E-state index contributed by atoms with van der Waals surface area (Å²) in [6.45, 7) is 3.10. The van der Waals surface area contributed by atoms with Gasteiger partial charge in [-0.2, -0.15) is 4.98 Å². The lowest BCUT2D eigenvalue weighted by Gasteiger charge is -2.31. The quantitative estimate of drug-likeness (QED) is 0.723. The van der Waals surface area contributed by atoms with Crippen molar-refractivity contribution >= 4 is 5.91 Å². The molecule has 3 heterocycles. The summed E-state index contributed by atoms with van der Waals surface area (Å²) in [4.78, 5) is 28.0. The highest BCUT2D eigenvalue weighted by Crippen LogP contribution is 2.28. The first-order valence-electron chi connectivity index (χ1n) is 8.67. The Morgan fingerprint density at radius 3 is 2.85 bits per heavy atom. The third kappa shape index (κ3) is 3.20. The molecule has 1 aliphatic heterocycles. The Morgan fingerprint density at radius 2 is 2.08 bits per heavy atom. The van der Waals surface area contributed by atoms with Crippen molar-refractivity contribution in [2.24, 2.45) is 0 Å². The molecule has 1 aliphatic rings. The zero-order valence-corrected chi connectivity index (χ0v) is 14.5. The summed E-state index contributed by atoms with van der Waals surface area (Å²) < 4.78 is 4.85. The smallest absolute Gasteiger partial charge is 0.257 e. The first-order valence-corrected chi connectivity index (χ1v) is 8.67. The number of amides is 1. The highest BCUT2D eigenvalue weighted by Gasteiger charge is 2.29. The highest BCUT2D eigenvalue weighted by molar-refractivity contribution is 5.99. The molecule has 4 rings (SSSR count). The van der Waals surface area contributed by atoms with Crippen molar-refractivity contribution in [2.75, 3.05) is 13.1 Å². The summed E-state index contributed by atoms with van der Waals surface area (Å²) in [5.74, 6) is 1.34. The maximum absolute atomic E-state index is 13.2. The molecule has 0 saturated carbocycles. The molecule has 1 atom stereocenters. The number of nitrogens with zero attached hydrogens (tertiary/aromatic N) is 5. The number of aromatic nitrogens is 4. The van der Waals surface area contributed by atoms with Gasteiger partial charge in [0.15, 0.2) is 5.82 Å². The van der Waals surface area contributed by atoms with E-state index in [0.717, 1.165) is 18.4 Å². The number of piperidine rings is 1. The van der Waals surface area contributed by atoms with E-state index in [1.54, 1.807) is 6.20 Å². The van der Waals surface area contributed by atoms with Crippen LogP contribution in [0.25, 0.3) is 11.3 Å². The second-order valence-corrected chi connectivity index (χ2v) is 6.43. The minimum Gasteiger partial charge on any atom is -0.343 e. The summed E-state index contributed by atoms with van der Waals surface area (Å²) in [6, 6.07) is 9.73. The third-order valence-corrected chi connectivity index (χ3v) is 4.64. The van der Waals surface area contributed by atoms with E-state index in [-0.39, 0.29) is 11.8 Å². The molecule has 0 N–H and O–H groups in total. The van der Waals surface area contributed by atoms with Gasteiger partial charge >= 0.3 is 0 Å². The Morgan fingerprint density at radius 1 is 1.23 bits per heavy atom. The fourth-order valence-electron chi connectivity index (χ4n) is 3.34. The lowest BCUT2D eigenvalue weighted by molar-refractivity contribution is 0.0703. The normalized spacial score (nSPS) is 17.3. The molecular weight excluding hydrogens is 330 g/mol. The molecule has 0 aliphatic carbocycles. The van der Waals surface area contributed by atoms with E-state index in [0.29, 0.717) is 36.0 Å². The standard InChI is InChI=1S/C19H19N5O2/c1-13-20-10-16(17(22-13)14-6-3-2-4-7-14)19(25)24-9-5-8-15(11-24)18-21-12-26-23-18/h2-4,6-7,10,12,15H,5,8-9,11H2,1H3/t15-/m1/s1. The average Bonchev–Trinajstić information content (AvgIpc) is 3.23. The Hall–Kier alpha value is -3.09. The maximum atomic E-state index is 13.2. The topological polar surface area (TPSA) is 85.0 Å². The molecule has 7 heteroatoms. The van der Waals surface area contributed by atoms with Crippen LogP contribution in [0.5, 0.6) is 0 Å². The van der Waals surface area contributed by atoms with Gasteiger partial charge in [-0.1, -0.05) is 35.5 Å². The summed E-state index contributed by atoms with van der Waals surface area (Å²) in [5, 5.41) is 3.93. The number of rotatable bonds is 3. The molecule has 2 aromatic heterocycles. The van der Waals surface area contributed by atoms with Crippen LogP contribution in [-0.2, 0) is 0 Å². The van der Waals surface area contributed by atoms with Crippen LogP contribution in [-0.4, -0.2) is 44.0 Å². The van der Waals surface area contributed by atoms with Gasteiger partial charge in [-0.25, -0.2) is 9.97 Å². The van der Waals surface area contributed by atoms with Crippen molar-refractivity contribution in [2.45, 2.75) is 25.7 Å². The van der Waals surface area contributed by atoms with Gasteiger partial charge < -0.3 is 9.42 Å². The second kappa shape index (κ2) is 7.03. The predicted molar refractivity (Wildman–Crippen MR) is 94.4 cm³/mol. The first-order chi connectivity index (χ1) is 12.7. The molecule has 0 unspecified atom stereocenters. The van der Waals surface area contributed by atoms with E-state index < -0.39 is 0 Å². The number of hydrogen-bond donors (Lipinski definition) is 0. The van der Waals surface area contributed by atoms with Crippen LogP contribution in [0.2, 0.25) is 0 Å². The molecule has 1 saturated heterocycles. The zero-order chi connectivity index (χ0) is 17.9. The number of carbonyl (C=O) groups is 1. The average molecular weight is 349 g/mol. The maximum Gasteiger partial charge on any atom is 0.257 e. The van der Waals surface area contributed by atoms with Crippen LogP contribution >= 0.6 is 0 Å². The Bertz CT molecular complexity index is 896. The summed E-state index contributed by atoms with van der Waals surface area (Å²) in [5.41, 5.74) is 2.11. The lowest BCUT2D eigenvalue weighted by Crippen LogP contribution is -2.39. The third-order valence-electron chi connectivity index (χ3n) is 4.64. The molecule has 1 aromatic carbocycles. The summed E-state index contributed by atoms with van der Waals surface area (Å²) in [7, 11) is 0. The van der Waals surface area contributed by atoms with Gasteiger partial charge in [0, 0.05) is 30.8 Å². The summed E-state index contributed by atoms with van der Waals surface area (Å²) in [6.07, 6.45) is 4.81. The van der Waals surface area contributed by atoms with Gasteiger partial charge in [0.05, 0.1) is 11.3 Å². The van der Waals surface area contributed by atoms with E-state index >= 15 is 0 Å². The zero-order valence-electron chi connectivity index (χ0n) is 14.5. The van der Waals surface area contributed by atoms with Crippen molar-refractivity contribution in [1.29, 1.82) is 0 Å². The fraction of sp³-hybridized carbons (Fsp3) is 0.316. The van der Waals surface area contributed by atoms with Gasteiger partial charge in [-0.15, -0.1) is 0 Å². The van der Waals surface area contributed by atoms with Crippen LogP contribution in [0.1, 0.15) is 40.8 Å². The Labute approximate surface area is 151 Å². The lowest BCUT2D eigenvalue weighted by atomic mass is 9.96. The number of likely N-dealkylation sites (tertiary alicyclic amines) is 1. The van der Waals surface area contributed by atoms with E-state index in [1.807, 2.05) is 42.2 Å². The Balaban J connectivity index is 1.64. The van der Waals surface area contributed by atoms with Crippen LogP contribution in [0, 0.1) is 6.92 Å². The van der Waals surface area contributed by atoms with Gasteiger partial charge in [0.25, 0.3) is 5.91 Å². The molecule has 7 nitrogen and oxygen atoms in total. The van der Waals surface area contributed by atoms with E-state index in [9.17, 15) is 4.79 Å². The number of hydrogen-bond acceptors (Lipinski definition) is 6. The van der Waals surface area contributed by atoms with E-state index in [1.165, 1.54) is 6.39 Å². The van der Waals surface area contributed by atoms with Crippen LogP contribution in [0.4, 0.5) is 0 Å². The van der Waals surface area contributed by atoms with Crippen LogP contribution in [0.3, 0.4) is 0 Å². The van der Waals surface area contributed by atoms with Crippen LogP contribution in [0.15, 0.2) is 47.4 Å². The molecule has 26 heavy (non-hydrogen) atoms. The van der Waals surface area contributed by atoms with Gasteiger partial charge in [-0.05, 0) is 19.8 Å². The van der Waals surface area contributed by atoms with Crippen molar-refractivity contribution in [3.63, 3.8) is 0 Å². The predicted octanol–water partition coefficient (Wildman–Crippen LogP) is 2.85. The number of benzene rings is 1. The minimum absolute atomic E-state index is 0.0583. The Kier molecular flexibility index (Phi) is 4.43. The molecule has 0 spiro atoms. The van der Waals surface area contributed by atoms with Gasteiger partial charge in [0.1, 0.15) is 5.82 Å². The van der Waals surface area contributed by atoms with Crippen molar-refractivity contribution in [3.05, 3.63) is 60.1 Å². The summed E-state index contributed by atoms with van der Waals surface area (Å²) >= 11 is 0. The molecule has 0 bridgehead atoms. The molecule has 1 fully saturated rings.